The maximum atomic E-state index is 13.0. The quantitative estimate of drug-likeness (QED) is 0.603. The summed E-state index contributed by atoms with van der Waals surface area (Å²) in [7, 11) is 0. The Morgan fingerprint density at radius 1 is 1.29 bits per heavy atom. The summed E-state index contributed by atoms with van der Waals surface area (Å²) in [6.07, 6.45) is -0.382. The van der Waals surface area contributed by atoms with E-state index < -0.39 is 11.7 Å². The summed E-state index contributed by atoms with van der Waals surface area (Å²) in [4.78, 5) is 13.0. The zero-order valence-corrected chi connectivity index (χ0v) is 8.94. The third-order valence-corrected chi connectivity index (χ3v) is 2.66. The highest BCUT2D eigenvalue weighted by atomic mass is 19.3. The molecule has 0 aromatic rings. The Bertz CT molecular complexity index is 233. The Morgan fingerprint density at radius 3 is 2.36 bits per heavy atom. The molecular weight excluding hydrogens is 188 g/mol. The van der Waals surface area contributed by atoms with E-state index in [1.165, 1.54) is 0 Å². The average Bonchev–Trinajstić information content (AvgIpc) is 2.11. The number of hydrogen-bond donors (Lipinski definition) is 0. The van der Waals surface area contributed by atoms with E-state index in [0.717, 1.165) is 0 Å². The number of carbonyl (C=O) groups excluding carboxylic acids is 1. The summed E-state index contributed by atoms with van der Waals surface area (Å²) in [6.45, 7) is 6.66. The van der Waals surface area contributed by atoms with Crippen molar-refractivity contribution >= 4 is 5.78 Å². The predicted octanol–water partition coefficient (Wildman–Crippen LogP) is 2.09. The van der Waals surface area contributed by atoms with Crippen LogP contribution in [0.15, 0.2) is 0 Å². The Balaban J connectivity index is 2.71. The van der Waals surface area contributed by atoms with E-state index in [-0.39, 0.29) is 18.4 Å². The molecular formula is C10H17F2NO. The van der Waals surface area contributed by atoms with Crippen LogP contribution in [0, 0.1) is 0 Å². The standard InChI is InChI=1S/C10H17F2NO/c1-9(2,3)13-6-4-8(14)10(11,12)5-7-13/h4-7H2,1-3H3. The number of ketones is 1. The van der Waals surface area contributed by atoms with Gasteiger partial charge in [0.1, 0.15) is 0 Å². The number of hydrogen-bond acceptors (Lipinski definition) is 2. The van der Waals surface area contributed by atoms with Gasteiger partial charge in [-0.3, -0.25) is 9.69 Å². The van der Waals surface area contributed by atoms with Gasteiger partial charge in [0.25, 0.3) is 0 Å². The Morgan fingerprint density at radius 2 is 1.86 bits per heavy atom. The molecule has 1 aliphatic rings. The topological polar surface area (TPSA) is 20.3 Å². The molecule has 82 valence electrons. The first-order valence-corrected chi connectivity index (χ1v) is 4.90. The molecule has 0 saturated carbocycles. The number of Topliss-reactive ketones (excluding diaryl/α,β-unsaturated/α-hetero) is 1. The number of likely N-dealkylation sites (tertiary alicyclic amines) is 1. The van der Waals surface area contributed by atoms with Crippen molar-refractivity contribution in [2.24, 2.45) is 0 Å². The van der Waals surface area contributed by atoms with E-state index in [0.29, 0.717) is 13.1 Å². The summed E-state index contributed by atoms with van der Waals surface area (Å²) in [5, 5.41) is 0. The normalized spacial score (nSPS) is 24.8. The van der Waals surface area contributed by atoms with Crippen molar-refractivity contribution < 1.29 is 13.6 Å². The van der Waals surface area contributed by atoms with Crippen LogP contribution >= 0.6 is 0 Å². The molecule has 2 nitrogen and oxygen atoms in total. The first-order valence-electron chi connectivity index (χ1n) is 4.90. The second-order valence-corrected chi connectivity index (χ2v) is 4.79. The van der Waals surface area contributed by atoms with E-state index in [4.69, 9.17) is 0 Å². The Hall–Kier alpha value is -0.510. The van der Waals surface area contributed by atoms with Crippen LogP contribution in [0.2, 0.25) is 0 Å². The fourth-order valence-corrected chi connectivity index (χ4v) is 1.62. The molecule has 14 heavy (non-hydrogen) atoms. The van der Waals surface area contributed by atoms with Crippen molar-refractivity contribution in [2.75, 3.05) is 13.1 Å². The van der Waals surface area contributed by atoms with Gasteiger partial charge in [-0.05, 0) is 20.8 Å². The predicted molar refractivity (Wildman–Crippen MR) is 50.5 cm³/mol. The molecule has 1 saturated heterocycles. The minimum atomic E-state index is -3.11. The number of rotatable bonds is 0. The van der Waals surface area contributed by atoms with E-state index >= 15 is 0 Å². The third-order valence-electron chi connectivity index (χ3n) is 2.66. The maximum Gasteiger partial charge on any atom is 0.306 e. The van der Waals surface area contributed by atoms with Crippen LogP contribution in [-0.4, -0.2) is 35.2 Å². The molecule has 0 bridgehead atoms. The largest absolute Gasteiger partial charge is 0.306 e. The molecule has 0 aromatic heterocycles. The van der Waals surface area contributed by atoms with Gasteiger partial charge in [0.15, 0.2) is 0 Å². The minimum absolute atomic E-state index is 0.0374. The first-order chi connectivity index (χ1) is 6.23. The van der Waals surface area contributed by atoms with Gasteiger partial charge in [-0.25, -0.2) is 0 Å². The molecule has 0 radical (unpaired) electrons. The van der Waals surface area contributed by atoms with E-state index in [1.807, 2.05) is 25.7 Å². The Labute approximate surface area is 83.3 Å². The summed E-state index contributed by atoms with van der Waals surface area (Å²) in [5.41, 5.74) is -0.138. The van der Waals surface area contributed by atoms with Gasteiger partial charge >= 0.3 is 5.92 Å². The van der Waals surface area contributed by atoms with Crippen molar-refractivity contribution in [3.8, 4) is 0 Å². The summed E-state index contributed by atoms with van der Waals surface area (Å²) in [6, 6.07) is 0. The molecule has 0 unspecified atom stereocenters. The highest BCUT2D eigenvalue weighted by Crippen LogP contribution is 2.27. The fraction of sp³-hybridized carbons (Fsp3) is 0.900. The van der Waals surface area contributed by atoms with E-state index in [2.05, 4.69) is 0 Å². The maximum absolute atomic E-state index is 13.0. The van der Waals surface area contributed by atoms with Gasteiger partial charge in [-0.1, -0.05) is 0 Å². The van der Waals surface area contributed by atoms with Crippen molar-refractivity contribution in [1.82, 2.24) is 4.90 Å². The third kappa shape index (κ3) is 2.50. The van der Waals surface area contributed by atoms with Gasteiger partial charge in [-0.2, -0.15) is 8.78 Å². The SMILES string of the molecule is CC(C)(C)N1CCC(=O)C(F)(F)CC1. The molecule has 0 atom stereocenters. The molecule has 1 fully saturated rings. The average molecular weight is 205 g/mol. The number of nitrogens with zero attached hydrogens (tertiary/aromatic N) is 1. The zero-order valence-electron chi connectivity index (χ0n) is 8.94. The lowest BCUT2D eigenvalue weighted by molar-refractivity contribution is -0.142. The van der Waals surface area contributed by atoms with Crippen molar-refractivity contribution in [3.63, 3.8) is 0 Å². The molecule has 4 heteroatoms. The second kappa shape index (κ2) is 3.57. The molecule has 0 spiro atoms. The molecule has 0 aromatic carbocycles. The molecule has 1 aliphatic heterocycles. The summed E-state index contributed by atoms with van der Waals surface area (Å²) >= 11 is 0. The zero-order chi connectivity index (χ0) is 11.0. The second-order valence-electron chi connectivity index (χ2n) is 4.79. The highest BCUT2D eigenvalue weighted by molar-refractivity contribution is 5.85. The molecule has 1 heterocycles. The van der Waals surface area contributed by atoms with Crippen LogP contribution in [-0.2, 0) is 4.79 Å². The lowest BCUT2D eigenvalue weighted by Gasteiger charge is -2.34. The highest BCUT2D eigenvalue weighted by Gasteiger charge is 2.41. The molecule has 0 amide bonds. The lowest BCUT2D eigenvalue weighted by atomic mass is 10.1. The number of halogens is 2. The van der Waals surface area contributed by atoms with Crippen LogP contribution in [0.3, 0.4) is 0 Å². The van der Waals surface area contributed by atoms with Gasteiger partial charge in [0, 0.05) is 31.5 Å². The van der Waals surface area contributed by atoms with Crippen molar-refractivity contribution in [1.29, 1.82) is 0 Å². The monoisotopic (exact) mass is 205 g/mol. The molecule has 0 aliphatic carbocycles. The van der Waals surface area contributed by atoms with Gasteiger partial charge < -0.3 is 0 Å². The van der Waals surface area contributed by atoms with Crippen LogP contribution < -0.4 is 0 Å². The van der Waals surface area contributed by atoms with Crippen molar-refractivity contribution in [3.05, 3.63) is 0 Å². The lowest BCUT2D eigenvalue weighted by Crippen LogP contribution is -2.42. The first kappa shape index (κ1) is 11.6. The molecule has 1 rings (SSSR count). The molecule has 0 N–H and O–H groups in total. The number of carbonyl (C=O) groups is 1. The van der Waals surface area contributed by atoms with Gasteiger partial charge in [0.2, 0.25) is 5.78 Å². The van der Waals surface area contributed by atoms with Crippen LogP contribution in [0.25, 0.3) is 0 Å². The number of alkyl halides is 2. The minimum Gasteiger partial charge on any atom is -0.298 e. The summed E-state index contributed by atoms with van der Waals surface area (Å²) in [5.74, 6) is -4.02. The van der Waals surface area contributed by atoms with Crippen molar-refractivity contribution in [2.45, 2.75) is 45.1 Å². The van der Waals surface area contributed by atoms with Crippen LogP contribution in [0.5, 0.6) is 0 Å². The smallest absolute Gasteiger partial charge is 0.298 e. The van der Waals surface area contributed by atoms with Crippen LogP contribution in [0.1, 0.15) is 33.6 Å². The fourth-order valence-electron chi connectivity index (χ4n) is 1.62. The van der Waals surface area contributed by atoms with Gasteiger partial charge in [0.05, 0.1) is 0 Å². The summed E-state index contributed by atoms with van der Waals surface area (Å²) < 4.78 is 26.1. The van der Waals surface area contributed by atoms with E-state index in [9.17, 15) is 13.6 Å². The Kier molecular flexibility index (Phi) is 2.95. The van der Waals surface area contributed by atoms with Crippen LogP contribution in [0.4, 0.5) is 8.78 Å². The van der Waals surface area contributed by atoms with Gasteiger partial charge in [-0.15, -0.1) is 0 Å². The van der Waals surface area contributed by atoms with E-state index in [1.54, 1.807) is 0 Å².